The van der Waals surface area contributed by atoms with E-state index in [0.29, 0.717) is 16.6 Å². The molecule has 0 bridgehead atoms. The van der Waals surface area contributed by atoms with Gasteiger partial charge in [0.2, 0.25) is 0 Å². The number of anilines is 1. The molecule has 1 aliphatic rings. The fraction of sp³-hybridized carbons (Fsp3) is 0.533. The van der Waals surface area contributed by atoms with E-state index < -0.39 is 0 Å². The molecule has 0 saturated carbocycles. The molecule has 0 amide bonds. The highest BCUT2D eigenvalue weighted by molar-refractivity contribution is 6.30. The molecule has 0 unspecified atom stereocenters. The molecule has 5 heteroatoms. The van der Waals surface area contributed by atoms with E-state index in [1.807, 2.05) is 12.1 Å². The van der Waals surface area contributed by atoms with Crippen molar-refractivity contribution >= 4 is 17.3 Å². The third-order valence-corrected chi connectivity index (χ3v) is 4.09. The summed E-state index contributed by atoms with van der Waals surface area (Å²) in [5.41, 5.74) is 1.46. The summed E-state index contributed by atoms with van der Waals surface area (Å²) in [6.07, 6.45) is 0. The van der Waals surface area contributed by atoms with Gasteiger partial charge in [0.25, 0.3) is 0 Å². The minimum absolute atomic E-state index is 0.450. The van der Waals surface area contributed by atoms with E-state index >= 15 is 0 Å². The molecule has 1 aromatic carbocycles. The maximum Gasteiger partial charge on any atom is 0.101 e. The normalized spacial score (nSPS) is 18.5. The Labute approximate surface area is 125 Å². The first kappa shape index (κ1) is 15.1. The number of benzene rings is 1. The van der Waals surface area contributed by atoms with E-state index in [9.17, 15) is 0 Å². The van der Waals surface area contributed by atoms with Crippen LogP contribution >= 0.6 is 11.6 Å². The second-order valence-electron chi connectivity index (χ2n) is 5.37. The lowest BCUT2D eigenvalue weighted by Gasteiger charge is -2.36. The number of hydrogen-bond donors (Lipinski definition) is 1. The van der Waals surface area contributed by atoms with Crippen LogP contribution in [0.5, 0.6) is 0 Å². The quantitative estimate of drug-likeness (QED) is 0.924. The Morgan fingerprint density at radius 3 is 2.70 bits per heavy atom. The lowest BCUT2D eigenvalue weighted by atomic mass is 10.1. The Morgan fingerprint density at radius 1 is 1.35 bits per heavy atom. The number of halogens is 1. The average molecular weight is 293 g/mol. The number of piperazine rings is 1. The van der Waals surface area contributed by atoms with E-state index in [4.69, 9.17) is 16.9 Å². The van der Waals surface area contributed by atoms with Gasteiger partial charge in [0.15, 0.2) is 0 Å². The van der Waals surface area contributed by atoms with Gasteiger partial charge in [0, 0.05) is 43.8 Å². The van der Waals surface area contributed by atoms with Crippen molar-refractivity contribution in [2.75, 3.05) is 45.1 Å². The lowest BCUT2D eigenvalue weighted by Crippen LogP contribution is -2.49. The van der Waals surface area contributed by atoms with Crippen LogP contribution in [0.3, 0.4) is 0 Å². The maximum atomic E-state index is 9.12. The largest absolute Gasteiger partial charge is 0.382 e. The smallest absolute Gasteiger partial charge is 0.101 e. The third-order valence-electron chi connectivity index (χ3n) is 3.85. The van der Waals surface area contributed by atoms with Crippen molar-refractivity contribution in [3.05, 3.63) is 28.8 Å². The SMILES string of the molecule is C[C@@H](CNc1ccc(Cl)cc1C#N)N1CCN(C)CC1. The fourth-order valence-corrected chi connectivity index (χ4v) is 2.58. The summed E-state index contributed by atoms with van der Waals surface area (Å²) in [6.45, 7) is 7.50. The van der Waals surface area contributed by atoms with Crippen LogP contribution in [0.25, 0.3) is 0 Å². The van der Waals surface area contributed by atoms with Gasteiger partial charge in [0.1, 0.15) is 6.07 Å². The monoisotopic (exact) mass is 292 g/mol. The molecule has 0 aromatic heterocycles. The van der Waals surface area contributed by atoms with Gasteiger partial charge in [-0.2, -0.15) is 5.26 Å². The molecule has 0 aliphatic carbocycles. The van der Waals surface area contributed by atoms with Crippen LogP contribution in [0.15, 0.2) is 18.2 Å². The highest BCUT2D eigenvalue weighted by Gasteiger charge is 2.18. The Hall–Kier alpha value is -1.28. The summed E-state index contributed by atoms with van der Waals surface area (Å²) in [6, 6.07) is 8.01. The average Bonchev–Trinajstić information content (AvgIpc) is 2.46. The number of nitrogens with zero attached hydrogens (tertiary/aromatic N) is 3. The standard InChI is InChI=1S/C15H21ClN4/c1-12(20-7-5-19(2)6-8-20)11-18-15-4-3-14(16)9-13(15)10-17/h3-4,9,12,18H,5-8,11H2,1-2H3/t12-/m0/s1. The minimum atomic E-state index is 0.450. The predicted molar refractivity (Wildman–Crippen MR) is 83.2 cm³/mol. The van der Waals surface area contributed by atoms with Gasteiger partial charge in [-0.05, 0) is 32.2 Å². The van der Waals surface area contributed by atoms with Crippen molar-refractivity contribution in [1.29, 1.82) is 5.26 Å². The summed E-state index contributed by atoms with van der Waals surface area (Å²) >= 11 is 5.90. The van der Waals surface area contributed by atoms with Gasteiger partial charge in [0.05, 0.1) is 11.3 Å². The van der Waals surface area contributed by atoms with Crippen LogP contribution in [-0.4, -0.2) is 55.6 Å². The Kier molecular flexibility index (Phi) is 5.24. The third kappa shape index (κ3) is 3.86. The number of hydrogen-bond acceptors (Lipinski definition) is 4. The van der Waals surface area contributed by atoms with E-state index in [-0.39, 0.29) is 0 Å². The molecule has 0 radical (unpaired) electrons. The van der Waals surface area contributed by atoms with Crippen molar-refractivity contribution in [2.24, 2.45) is 0 Å². The van der Waals surface area contributed by atoms with Crippen LogP contribution in [-0.2, 0) is 0 Å². The summed E-state index contributed by atoms with van der Waals surface area (Å²) in [4.78, 5) is 4.83. The van der Waals surface area contributed by atoms with Crippen LogP contribution in [0.2, 0.25) is 5.02 Å². The molecule has 0 spiro atoms. The molecule has 2 rings (SSSR count). The number of nitriles is 1. The molecule has 1 N–H and O–H groups in total. The Balaban J connectivity index is 1.90. The van der Waals surface area contributed by atoms with Gasteiger partial charge in [-0.25, -0.2) is 0 Å². The molecule has 1 aliphatic heterocycles. The predicted octanol–water partition coefficient (Wildman–Crippen LogP) is 2.26. The fourth-order valence-electron chi connectivity index (χ4n) is 2.41. The first-order valence-electron chi connectivity index (χ1n) is 6.96. The zero-order valence-electron chi connectivity index (χ0n) is 12.1. The highest BCUT2D eigenvalue weighted by Crippen LogP contribution is 2.20. The van der Waals surface area contributed by atoms with Crippen molar-refractivity contribution in [1.82, 2.24) is 9.80 Å². The van der Waals surface area contributed by atoms with E-state index in [1.165, 1.54) is 0 Å². The van der Waals surface area contributed by atoms with Crippen LogP contribution in [0, 0.1) is 11.3 Å². The highest BCUT2D eigenvalue weighted by atomic mass is 35.5. The van der Waals surface area contributed by atoms with Crippen molar-refractivity contribution in [2.45, 2.75) is 13.0 Å². The Morgan fingerprint density at radius 2 is 2.05 bits per heavy atom. The number of likely N-dealkylation sites (N-methyl/N-ethyl adjacent to an activating group) is 1. The molecule has 1 fully saturated rings. The molecular formula is C15H21ClN4. The van der Waals surface area contributed by atoms with Crippen molar-refractivity contribution in [3.63, 3.8) is 0 Å². The first-order valence-corrected chi connectivity index (χ1v) is 7.34. The van der Waals surface area contributed by atoms with Crippen molar-refractivity contribution in [3.8, 4) is 6.07 Å². The molecule has 1 saturated heterocycles. The second kappa shape index (κ2) is 6.94. The molecule has 1 atom stereocenters. The minimum Gasteiger partial charge on any atom is -0.382 e. The molecule has 1 heterocycles. The lowest BCUT2D eigenvalue weighted by molar-refractivity contribution is 0.123. The Bertz CT molecular complexity index is 489. The van der Waals surface area contributed by atoms with Gasteiger partial charge in [-0.1, -0.05) is 11.6 Å². The van der Waals surface area contributed by atoms with E-state index in [0.717, 1.165) is 38.4 Å². The van der Waals surface area contributed by atoms with E-state index in [1.54, 1.807) is 6.07 Å². The number of rotatable bonds is 4. The zero-order chi connectivity index (χ0) is 14.5. The van der Waals surface area contributed by atoms with Gasteiger partial charge < -0.3 is 10.2 Å². The number of nitrogens with one attached hydrogen (secondary N) is 1. The van der Waals surface area contributed by atoms with Crippen LogP contribution in [0.1, 0.15) is 12.5 Å². The van der Waals surface area contributed by atoms with E-state index in [2.05, 4.69) is 35.2 Å². The summed E-state index contributed by atoms with van der Waals surface area (Å²) in [5.74, 6) is 0. The topological polar surface area (TPSA) is 42.3 Å². The summed E-state index contributed by atoms with van der Waals surface area (Å²) in [7, 11) is 2.16. The molecular weight excluding hydrogens is 272 g/mol. The molecule has 20 heavy (non-hydrogen) atoms. The molecule has 108 valence electrons. The zero-order valence-corrected chi connectivity index (χ0v) is 12.8. The second-order valence-corrected chi connectivity index (χ2v) is 5.81. The maximum absolute atomic E-state index is 9.12. The van der Waals surface area contributed by atoms with Gasteiger partial charge in [-0.3, -0.25) is 4.90 Å². The van der Waals surface area contributed by atoms with Crippen LogP contribution < -0.4 is 5.32 Å². The summed E-state index contributed by atoms with van der Waals surface area (Å²) < 4.78 is 0. The first-order chi connectivity index (χ1) is 9.60. The molecule has 4 nitrogen and oxygen atoms in total. The van der Waals surface area contributed by atoms with Gasteiger partial charge >= 0.3 is 0 Å². The summed E-state index contributed by atoms with van der Waals surface area (Å²) in [5, 5.41) is 13.1. The van der Waals surface area contributed by atoms with Crippen LogP contribution in [0.4, 0.5) is 5.69 Å². The van der Waals surface area contributed by atoms with Crippen molar-refractivity contribution < 1.29 is 0 Å². The van der Waals surface area contributed by atoms with Gasteiger partial charge in [-0.15, -0.1) is 0 Å². The molecule has 1 aromatic rings.